The normalized spacial score (nSPS) is 26.5. The van der Waals surface area contributed by atoms with Gasteiger partial charge >= 0.3 is 5.97 Å². The Hall–Kier alpha value is -1.51. The van der Waals surface area contributed by atoms with E-state index in [0.29, 0.717) is 5.92 Å². The monoisotopic (exact) mass is 276 g/mol. The molecule has 0 saturated heterocycles. The maximum Gasteiger partial charge on any atom is 0.342 e. The van der Waals surface area contributed by atoms with Gasteiger partial charge in [0.1, 0.15) is 17.4 Å². The third-order valence-corrected chi connectivity index (χ3v) is 4.76. The SMILES string of the molecule is CC(C)C1(C)CCCC(OC(=O)c2ccccc2O)C1. The summed E-state index contributed by atoms with van der Waals surface area (Å²) in [5.41, 5.74) is 0.492. The van der Waals surface area contributed by atoms with Crippen LogP contribution in [0.3, 0.4) is 0 Å². The molecule has 3 nitrogen and oxygen atoms in total. The lowest BCUT2D eigenvalue weighted by atomic mass is 9.67. The lowest BCUT2D eigenvalue weighted by molar-refractivity contribution is -0.0101. The fourth-order valence-electron chi connectivity index (χ4n) is 2.94. The smallest absolute Gasteiger partial charge is 0.342 e. The minimum atomic E-state index is -0.416. The lowest BCUT2D eigenvalue weighted by Gasteiger charge is -2.40. The second-order valence-corrected chi connectivity index (χ2v) is 6.45. The molecule has 2 unspecified atom stereocenters. The van der Waals surface area contributed by atoms with Crippen molar-refractivity contribution in [1.82, 2.24) is 0 Å². The molecule has 110 valence electrons. The minimum absolute atomic E-state index is 0.0140. The van der Waals surface area contributed by atoms with E-state index in [4.69, 9.17) is 4.74 Å². The van der Waals surface area contributed by atoms with Crippen LogP contribution in [0.25, 0.3) is 0 Å². The van der Waals surface area contributed by atoms with Gasteiger partial charge in [-0.15, -0.1) is 0 Å². The van der Waals surface area contributed by atoms with Crippen LogP contribution in [0.5, 0.6) is 5.75 Å². The second-order valence-electron chi connectivity index (χ2n) is 6.45. The third kappa shape index (κ3) is 3.14. The highest BCUT2D eigenvalue weighted by molar-refractivity contribution is 5.92. The van der Waals surface area contributed by atoms with Crippen LogP contribution in [0, 0.1) is 11.3 Å². The highest BCUT2D eigenvalue weighted by Gasteiger charge is 2.36. The molecule has 0 bridgehead atoms. The van der Waals surface area contributed by atoms with Gasteiger partial charge in [0.05, 0.1) is 0 Å². The van der Waals surface area contributed by atoms with Crippen molar-refractivity contribution >= 4 is 5.97 Å². The second kappa shape index (κ2) is 5.86. The number of hydrogen-bond acceptors (Lipinski definition) is 3. The molecule has 0 radical (unpaired) electrons. The van der Waals surface area contributed by atoms with Crippen LogP contribution in [0.15, 0.2) is 24.3 Å². The number of carbonyl (C=O) groups is 1. The molecule has 1 fully saturated rings. The van der Waals surface area contributed by atoms with Crippen LogP contribution in [-0.2, 0) is 4.74 Å². The Morgan fingerprint density at radius 2 is 2.10 bits per heavy atom. The van der Waals surface area contributed by atoms with Gasteiger partial charge < -0.3 is 9.84 Å². The lowest BCUT2D eigenvalue weighted by Crippen LogP contribution is -2.35. The molecule has 1 saturated carbocycles. The molecule has 1 aliphatic rings. The summed E-state index contributed by atoms with van der Waals surface area (Å²) in [7, 11) is 0. The average molecular weight is 276 g/mol. The van der Waals surface area contributed by atoms with E-state index < -0.39 is 5.97 Å². The number of aromatic hydroxyl groups is 1. The van der Waals surface area contributed by atoms with E-state index in [-0.39, 0.29) is 22.8 Å². The number of benzene rings is 1. The van der Waals surface area contributed by atoms with E-state index in [1.54, 1.807) is 18.2 Å². The van der Waals surface area contributed by atoms with Gasteiger partial charge in [0.2, 0.25) is 0 Å². The predicted molar refractivity (Wildman–Crippen MR) is 78.7 cm³/mol. The van der Waals surface area contributed by atoms with E-state index in [1.807, 2.05) is 0 Å². The molecular weight excluding hydrogens is 252 g/mol. The van der Waals surface area contributed by atoms with E-state index in [2.05, 4.69) is 20.8 Å². The molecule has 1 aromatic carbocycles. The zero-order valence-electron chi connectivity index (χ0n) is 12.6. The van der Waals surface area contributed by atoms with Crippen LogP contribution in [0.1, 0.15) is 56.8 Å². The Morgan fingerprint density at radius 1 is 1.40 bits per heavy atom. The molecular formula is C17H24O3. The van der Waals surface area contributed by atoms with E-state index >= 15 is 0 Å². The average Bonchev–Trinajstić information content (AvgIpc) is 2.39. The van der Waals surface area contributed by atoms with Gasteiger partial charge in [-0.05, 0) is 49.1 Å². The number of ether oxygens (including phenoxy) is 1. The fourth-order valence-corrected chi connectivity index (χ4v) is 2.94. The minimum Gasteiger partial charge on any atom is -0.507 e. The zero-order valence-corrected chi connectivity index (χ0v) is 12.6. The Labute approximate surface area is 121 Å². The standard InChI is InChI=1S/C17H24O3/c1-12(2)17(3)10-6-7-13(11-17)20-16(19)14-8-4-5-9-15(14)18/h4-5,8-9,12-13,18H,6-7,10-11H2,1-3H3. The van der Waals surface area contributed by atoms with Gasteiger partial charge in [0.15, 0.2) is 0 Å². The van der Waals surface area contributed by atoms with Crippen molar-refractivity contribution in [2.45, 2.75) is 52.6 Å². The van der Waals surface area contributed by atoms with Crippen LogP contribution < -0.4 is 0 Å². The quantitative estimate of drug-likeness (QED) is 0.843. The van der Waals surface area contributed by atoms with Crippen molar-refractivity contribution in [3.63, 3.8) is 0 Å². The Morgan fingerprint density at radius 3 is 2.75 bits per heavy atom. The van der Waals surface area contributed by atoms with Crippen LogP contribution in [0.4, 0.5) is 0 Å². The Kier molecular flexibility index (Phi) is 4.36. The van der Waals surface area contributed by atoms with Gasteiger partial charge in [0.25, 0.3) is 0 Å². The molecule has 1 N–H and O–H groups in total. The molecule has 2 rings (SSSR count). The zero-order chi connectivity index (χ0) is 14.8. The maximum absolute atomic E-state index is 12.1. The highest BCUT2D eigenvalue weighted by atomic mass is 16.5. The fraction of sp³-hybridized carbons (Fsp3) is 0.588. The summed E-state index contributed by atoms with van der Waals surface area (Å²) in [5.74, 6) is 0.148. The van der Waals surface area contributed by atoms with Crippen molar-refractivity contribution in [2.24, 2.45) is 11.3 Å². The molecule has 0 aromatic heterocycles. The van der Waals surface area contributed by atoms with Crippen LogP contribution in [0.2, 0.25) is 0 Å². The highest BCUT2D eigenvalue weighted by Crippen LogP contribution is 2.43. The first-order chi connectivity index (χ1) is 9.42. The summed E-state index contributed by atoms with van der Waals surface area (Å²) >= 11 is 0. The molecule has 1 aromatic rings. The Balaban J connectivity index is 2.03. The van der Waals surface area contributed by atoms with Crippen LogP contribution in [-0.4, -0.2) is 17.2 Å². The van der Waals surface area contributed by atoms with Gasteiger partial charge in [-0.1, -0.05) is 32.9 Å². The summed E-state index contributed by atoms with van der Waals surface area (Å²) in [5, 5.41) is 9.70. The molecule has 0 heterocycles. The van der Waals surface area contributed by atoms with Crippen molar-refractivity contribution in [2.75, 3.05) is 0 Å². The number of rotatable bonds is 3. The van der Waals surface area contributed by atoms with E-state index in [1.165, 1.54) is 12.5 Å². The Bertz CT molecular complexity index is 481. The van der Waals surface area contributed by atoms with Gasteiger partial charge in [0, 0.05) is 0 Å². The number of phenolic OH excluding ortho intramolecular Hbond substituents is 1. The van der Waals surface area contributed by atoms with Crippen molar-refractivity contribution in [1.29, 1.82) is 0 Å². The summed E-state index contributed by atoms with van der Waals surface area (Å²) in [6.45, 7) is 6.73. The first-order valence-corrected chi connectivity index (χ1v) is 7.41. The number of phenols is 1. The van der Waals surface area contributed by atoms with Crippen molar-refractivity contribution in [3.8, 4) is 5.75 Å². The third-order valence-electron chi connectivity index (χ3n) is 4.76. The molecule has 3 heteroatoms. The van der Waals surface area contributed by atoms with Gasteiger partial charge in [-0.2, -0.15) is 0 Å². The summed E-state index contributed by atoms with van der Waals surface area (Å²) < 4.78 is 5.60. The van der Waals surface area contributed by atoms with Gasteiger partial charge in [-0.25, -0.2) is 4.79 Å². The molecule has 2 atom stereocenters. The van der Waals surface area contributed by atoms with E-state index in [0.717, 1.165) is 19.3 Å². The molecule has 0 amide bonds. The molecule has 20 heavy (non-hydrogen) atoms. The summed E-state index contributed by atoms with van der Waals surface area (Å²) in [6.07, 6.45) is 4.07. The number of carbonyl (C=O) groups excluding carboxylic acids is 1. The topological polar surface area (TPSA) is 46.5 Å². The molecule has 0 spiro atoms. The number of hydrogen-bond donors (Lipinski definition) is 1. The molecule has 1 aliphatic carbocycles. The van der Waals surface area contributed by atoms with Crippen molar-refractivity contribution in [3.05, 3.63) is 29.8 Å². The summed E-state index contributed by atoms with van der Waals surface area (Å²) in [6, 6.07) is 6.54. The number of esters is 1. The first-order valence-electron chi connectivity index (χ1n) is 7.41. The molecule has 0 aliphatic heterocycles. The largest absolute Gasteiger partial charge is 0.507 e. The van der Waals surface area contributed by atoms with Gasteiger partial charge in [-0.3, -0.25) is 0 Å². The first kappa shape index (κ1) is 14.9. The number of para-hydroxylation sites is 1. The summed E-state index contributed by atoms with van der Waals surface area (Å²) in [4.78, 5) is 12.1. The van der Waals surface area contributed by atoms with Crippen LogP contribution >= 0.6 is 0 Å². The van der Waals surface area contributed by atoms with E-state index in [9.17, 15) is 9.90 Å². The van der Waals surface area contributed by atoms with Crippen molar-refractivity contribution < 1.29 is 14.6 Å². The predicted octanol–water partition coefficient (Wildman–Crippen LogP) is 4.15. The maximum atomic E-state index is 12.1.